The molecule has 1 saturated carbocycles. The third-order valence-corrected chi connectivity index (χ3v) is 6.78. The van der Waals surface area contributed by atoms with Gasteiger partial charge in [-0.05, 0) is 67.6 Å². The Hall–Kier alpha value is -2.96. The summed E-state index contributed by atoms with van der Waals surface area (Å²) in [5, 5.41) is 0. The van der Waals surface area contributed by atoms with Crippen LogP contribution in [0.4, 0.5) is 10.3 Å². The predicted molar refractivity (Wildman–Crippen MR) is 119 cm³/mol. The average Bonchev–Trinajstić information content (AvgIpc) is 3.39. The van der Waals surface area contributed by atoms with Crippen molar-refractivity contribution in [2.24, 2.45) is 17.8 Å². The molecule has 3 heterocycles. The van der Waals surface area contributed by atoms with Crippen molar-refractivity contribution >= 4 is 5.95 Å². The van der Waals surface area contributed by atoms with E-state index in [1.54, 1.807) is 12.3 Å². The molecule has 1 aliphatic heterocycles. The zero-order valence-corrected chi connectivity index (χ0v) is 18.4. The Balaban J connectivity index is 1.04. The molecule has 32 heavy (non-hydrogen) atoms. The fourth-order valence-electron chi connectivity index (χ4n) is 4.85. The van der Waals surface area contributed by atoms with Crippen LogP contribution in [0.5, 0.6) is 5.75 Å². The Labute approximate surface area is 187 Å². The number of aromatic nitrogens is 3. The smallest absolute Gasteiger partial charge is 0.225 e. The number of oxazole rings is 1. The number of anilines is 1. The quantitative estimate of drug-likeness (QED) is 0.504. The number of benzene rings is 1. The lowest BCUT2D eigenvalue weighted by Gasteiger charge is -2.32. The van der Waals surface area contributed by atoms with Gasteiger partial charge in [-0.3, -0.25) is 0 Å². The van der Waals surface area contributed by atoms with E-state index in [1.165, 1.54) is 31.6 Å². The van der Waals surface area contributed by atoms with E-state index in [1.807, 2.05) is 25.4 Å². The summed E-state index contributed by atoms with van der Waals surface area (Å²) in [6, 6.07) is 5.04. The van der Waals surface area contributed by atoms with Crippen LogP contribution in [0.1, 0.15) is 42.7 Å². The molecular formula is C25H29FN4O2. The number of rotatable bonds is 8. The Morgan fingerprint density at radius 1 is 1.16 bits per heavy atom. The Morgan fingerprint density at radius 2 is 1.97 bits per heavy atom. The summed E-state index contributed by atoms with van der Waals surface area (Å²) in [5.41, 5.74) is 1.65. The van der Waals surface area contributed by atoms with Crippen LogP contribution in [-0.2, 0) is 6.42 Å². The van der Waals surface area contributed by atoms with Crippen molar-refractivity contribution in [3.63, 3.8) is 0 Å². The molecule has 0 bridgehead atoms. The molecule has 0 N–H and O–H groups in total. The molecule has 3 aromatic rings. The average molecular weight is 437 g/mol. The van der Waals surface area contributed by atoms with Crippen LogP contribution >= 0.6 is 0 Å². The number of ether oxygens (including phenoxy) is 1. The third-order valence-electron chi connectivity index (χ3n) is 6.78. The lowest BCUT2D eigenvalue weighted by atomic mass is 9.90. The lowest BCUT2D eigenvalue weighted by molar-refractivity contribution is 0.283. The van der Waals surface area contributed by atoms with Crippen LogP contribution in [-0.4, -0.2) is 34.6 Å². The van der Waals surface area contributed by atoms with Crippen molar-refractivity contribution in [1.82, 2.24) is 15.0 Å². The highest BCUT2D eigenvalue weighted by molar-refractivity contribution is 5.31. The first-order valence-corrected chi connectivity index (χ1v) is 11.5. The molecule has 0 radical (unpaired) electrons. The van der Waals surface area contributed by atoms with Crippen LogP contribution in [0.2, 0.25) is 0 Å². The van der Waals surface area contributed by atoms with Crippen LogP contribution < -0.4 is 9.64 Å². The van der Waals surface area contributed by atoms with Crippen molar-refractivity contribution in [3.05, 3.63) is 65.9 Å². The molecule has 5 rings (SSSR count). The first kappa shape index (κ1) is 20.9. The number of hydrogen-bond donors (Lipinski definition) is 0. The normalized spacial score (nSPS) is 21.0. The lowest BCUT2D eigenvalue weighted by Crippen LogP contribution is -2.35. The molecule has 0 amide bonds. The predicted octanol–water partition coefficient (Wildman–Crippen LogP) is 4.82. The largest absolute Gasteiger partial charge is 0.493 e. The van der Waals surface area contributed by atoms with E-state index in [0.717, 1.165) is 48.8 Å². The minimum absolute atomic E-state index is 0.283. The summed E-state index contributed by atoms with van der Waals surface area (Å²) in [5.74, 6) is 3.99. The second kappa shape index (κ2) is 9.27. The van der Waals surface area contributed by atoms with E-state index in [2.05, 4.69) is 19.9 Å². The summed E-state index contributed by atoms with van der Waals surface area (Å²) in [4.78, 5) is 15.3. The number of nitrogens with zero attached hydrogens (tertiary/aromatic N) is 4. The van der Waals surface area contributed by atoms with Gasteiger partial charge in [-0.2, -0.15) is 0 Å². The third kappa shape index (κ3) is 4.92. The molecule has 2 aromatic heterocycles. The fourth-order valence-corrected chi connectivity index (χ4v) is 4.85. The van der Waals surface area contributed by atoms with Crippen LogP contribution in [0, 0.1) is 30.5 Å². The molecule has 0 unspecified atom stereocenters. The van der Waals surface area contributed by atoms with Gasteiger partial charge < -0.3 is 14.1 Å². The van der Waals surface area contributed by atoms with E-state index >= 15 is 0 Å². The van der Waals surface area contributed by atoms with Gasteiger partial charge in [0.05, 0.1) is 19.2 Å². The number of hydrogen-bond acceptors (Lipinski definition) is 6. The van der Waals surface area contributed by atoms with E-state index in [9.17, 15) is 4.39 Å². The van der Waals surface area contributed by atoms with Crippen molar-refractivity contribution in [2.45, 2.75) is 39.0 Å². The Bertz CT molecular complexity index is 1020. The standard InChI is InChI=1S/C25H29FN4O2/c1-17-15-28-25(29-16-17)30-8-4-18(5-9-30)22-12-19(22)6-10-31-21-3-2-20(23(26)14-21)13-24-27-7-11-32-24/h2-3,7,11,14-16,18-19,22H,4-6,8-10,12-13H2,1H3/t19-,22-/m1/s1. The minimum atomic E-state index is -0.283. The molecule has 1 aliphatic carbocycles. The molecule has 2 aliphatic rings. The van der Waals surface area contributed by atoms with Gasteiger partial charge in [0.1, 0.15) is 17.8 Å². The van der Waals surface area contributed by atoms with Gasteiger partial charge in [0, 0.05) is 31.5 Å². The summed E-state index contributed by atoms with van der Waals surface area (Å²) < 4.78 is 25.4. The zero-order chi connectivity index (χ0) is 21.9. The van der Waals surface area contributed by atoms with Gasteiger partial charge in [-0.15, -0.1) is 0 Å². The second-order valence-corrected chi connectivity index (χ2v) is 9.04. The molecule has 1 aromatic carbocycles. The highest BCUT2D eigenvalue weighted by atomic mass is 19.1. The van der Waals surface area contributed by atoms with E-state index in [0.29, 0.717) is 30.2 Å². The Kier molecular flexibility index (Phi) is 6.06. The maximum absolute atomic E-state index is 14.4. The minimum Gasteiger partial charge on any atom is -0.493 e. The SMILES string of the molecule is Cc1cnc(N2CCC([C@H]3C[C@H]3CCOc3ccc(Cc4ncco4)c(F)c3)CC2)nc1. The summed E-state index contributed by atoms with van der Waals surface area (Å²) in [6.45, 7) is 4.72. The molecule has 0 spiro atoms. The number of halogens is 1. The van der Waals surface area contributed by atoms with E-state index < -0.39 is 0 Å². The molecule has 1 saturated heterocycles. The monoisotopic (exact) mass is 436 g/mol. The second-order valence-electron chi connectivity index (χ2n) is 9.04. The Morgan fingerprint density at radius 3 is 2.69 bits per heavy atom. The van der Waals surface area contributed by atoms with Crippen molar-refractivity contribution in [1.29, 1.82) is 0 Å². The molecule has 168 valence electrons. The van der Waals surface area contributed by atoms with Crippen molar-refractivity contribution < 1.29 is 13.5 Å². The molecule has 2 fully saturated rings. The van der Waals surface area contributed by atoms with Crippen molar-refractivity contribution in [2.75, 3.05) is 24.6 Å². The molecule has 2 atom stereocenters. The fraction of sp³-hybridized carbons (Fsp3) is 0.480. The number of aryl methyl sites for hydroxylation is 1. The topological polar surface area (TPSA) is 64.3 Å². The van der Waals surface area contributed by atoms with Gasteiger partial charge in [0.25, 0.3) is 0 Å². The van der Waals surface area contributed by atoms with Crippen LogP contribution in [0.3, 0.4) is 0 Å². The van der Waals surface area contributed by atoms with Crippen LogP contribution in [0.25, 0.3) is 0 Å². The highest BCUT2D eigenvalue weighted by Gasteiger charge is 2.43. The first-order valence-electron chi connectivity index (χ1n) is 11.5. The van der Waals surface area contributed by atoms with Gasteiger partial charge in [-0.25, -0.2) is 19.3 Å². The first-order chi connectivity index (χ1) is 15.7. The zero-order valence-electron chi connectivity index (χ0n) is 18.4. The summed E-state index contributed by atoms with van der Waals surface area (Å²) in [6.07, 6.45) is 11.9. The maximum Gasteiger partial charge on any atom is 0.225 e. The van der Waals surface area contributed by atoms with E-state index in [-0.39, 0.29) is 5.82 Å². The highest BCUT2D eigenvalue weighted by Crippen LogP contribution is 2.49. The van der Waals surface area contributed by atoms with E-state index in [4.69, 9.17) is 9.15 Å². The van der Waals surface area contributed by atoms with Crippen LogP contribution in [0.15, 0.2) is 47.5 Å². The number of piperidine rings is 1. The maximum atomic E-state index is 14.4. The van der Waals surface area contributed by atoms with Crippen molar-refractivity contribution in [3.8, 4) is 5.75 Å². The van der Waals surface area contributed by atoms with Gasteiger partial charge in [0.15, 0.2) is 5.89 Å². The summed E-state index contributed by atoms with van der Waals surface area (Å²) >= 11 is 0. The van der Waals surface area contributed by atoms with Gasteiger partial charge in [0.2, 0.25) is 5.95 Å². The molecular weight excluding hydrogens is 407 g/mol. The molecule has 6 nitrogen and oxygen atoms in total. The summed E-state index contributed by atoms with van der Waals surface area (Å²) in [7, 11) is 0. The van der Waals surface area contributed by atoms with Gasteiger partial charge in [-0.1, -0.05) is 6.07 Å². The molecule has 7 heteroatoms. The van der Waals surface area contributed by atoms with Gasteiger partial charge >= 0.3 is 0 Å².